The molecule has 1 unspecified atom stereocenters. The van der Waals surface area contributed by atoms with Crippen LogP contribution in [0, 0.1) is 0 Å². The summed E-state index contributed by atoms with van der Waals surface area (Å²) in [6.45, 7) is 10.9. The average Bonchev–Trinajstić information content (AvgIpc) is 2.97. The SMILES string of the molecule is CCOc1cccc(CN2CCC(N3CCNCC3)C2)c1.Cl. The lowest BCUT2D eigenvalue weighted by atomic mass is 10.2. The molecule has 22 heavy (non-hydrogen) atoms. The van der Waals surface area contributed by atoms with Gasteiger partial charge in [0.1, 0.15) is 5.75 Å². The maximum Gasteiger partial charge on any atom is 0.119 e. The number of ether oxygens (including phenoxy) is 1. The molecule has 1 aromatic rings. The number of nitrogens with one attached hydrogen (secondary N) is 1. The van der Waals surface area contributed by atoms with E-state index in [0.717, 1.165) is 38.0 Å². The molecule has 0 bridgehead atoms. The van der Waals surface area contributed by atoms with Crippen molar-refractivity contribution in [2.45, 2.75) is 25.9 Å². The highest BCUT2D eigenvalue weighted by molar-refractivity contribution is 5.85. The van der Waals surface area contributed by atoms with Gasteiger partial charge in [-0.25, -0.2) is 0 Å². The molecule has 124 valence electrons. The maximum absolute atomic E-state index is 5.59. The zero-order valence-electron chi connectivity index (χ0n) is 13.5. The van der Waals surface area contributed by atoms with Crippen molar-refractivity contribution in [3.8, 4) is 5.75 Å². The Kier molecular flexibility index (Phi) is 6.96. The zero-order valence-corrected chi connectivity index (χ0v) is 14.3. The topological polar surface area (TPSA) is 27.7 Å². The molecule has 2 fully saturated rings. The second-order valence-electron chi connectivity index (χ2n) is 6.04. The Morgan fingerprint density at radius 1 is 1.23 bits per heavy atom. The van der Waals surface area contributed by atoms with E-state index in [0.29, 0.717) is 0 Å². The highest BCUT2D eigenvalue weighted by atomic mass is 35.5. The standard InChI is InChI=1S/C17H27N3O.ClH/c1-2-21-17-5-3-4-15(12-17)13-19-9-6-16(14-19)20-10-7-18-8-11-20;/h3-5,12,16,18H,2,6-11,13-14H2,1H3;1H. The minimum atomic E-state index is 0. The van der Waals surface area contributed by atoms with Crippen molar-refractivity contribution in [2.24, 2.45) is 0 Å². The normalized spacial score (nSPS) is 23.2. The van der Waals surface area contributed by atoms with Gasteiger partial charge in [0.25, 0.3) is 0 Å². The third-order valence-corrected chi connectivity index (χ3v) is 4.53. The first-order chi connectivity index (χ1) is 10.3. The second-order valence-corrected chi connectivity index (χ2v) is 6.04. The van der Waals surface area contributed by atoms with Gasteiger partial charge in [0, 0.05) is 51.9 Å². The number of piperazine rings is 1. The van der Waals surface area contributed by atoms with E-state index in [-0.39, 0.29) is 12.4 Å². The van der Waals surface area contributed by atoms with Gasteiger partial charge in [0.2, 0.25) is 0 Å². The third kappa shape index (κ3) is 4.59. The Morgan fingerprint density at radius 3 is 2.82 bits per heavy atom. The Labute approximate surface area is 140 Å². The van der Waals surface area contributed by atoms with Crippen LogP contribution in [-0.4, -0.2) is 61.7 Å². The fourth-order valence-electron chi connectivity index (χ4n) is 3.46. The zero-order chi connectivity index (χ0) is 14.5. The van der Waals surface area contributed by atoms with E-state index in [9.17, 15) is 0 Å². The van der Waals surface area contributed by atoms with Gasteiger partial charge in [-0.2, -0.15) is 0 Å². The third-order valence-electron chi connectivity index (χ3n) is 4.53. The predicted molar refractivity (Wildman–Crippen MR) is 93.0 cm³/mol. The molecule has 5 heteroatoms. The number of halogens is 1. The van der Waals surface area contributed by atoms with Crippen molar-refractivity contribution in [1.29, 1.82) is 0 Å². The lowest BCUT2D eigenvalue weighted by Crippen LogP contribution is -2.49. The van der Waals surface area contributed by atoms with Crippen molar-refractivity contribution < 1.29 is 4.74 Å². The molecule has 1 aromatic carbocycles. The molecule has 0 spiro atoms. The van der Waals surface area contributed by atoms with Gasteiger partial charge >= 0.3 is 0 Å². The molecule has 0 aromatic heterocycles. The smallest absolute Gasteiger partial charge is 0.119 e. The molecule has 2 aliphatic heterocycles. The maximum atomic E-state index is 5.59. The molecule has 0 radical (unpaired) electrons. The predicted octanol–water partition coefficient (Wildman–Crippen LogP) is 1.99. The summed E-state index contributed by atoms with van der Waals surface area (Å²) < 4.78 is 5.59. The Morgan fingerprint density at radius 2 is 2.05 bits per heavy atom. The molecule has 0 amide bonds. The Hall–Kier alpha value is -0.810. The van der Waals surface area contributed by atoms with Crippen molar-refractivity contribution >= 4 is 12.4 Å². The van der Waals surface area contributed by atoms with Gasteiger partial charge in [-0.15, -0.1) is 12.4 Å². The van der Waals surface area contributed by atoms with E-state index < -0.39 is 0 Å². The van der Waals surface area contributed by atoms with Crippen molar-refractivity contribution in [3.63, 3.8) is 0 Å². The molecule has 2 aliphatic rings. The van der Waals surface area contributed by atoms with E-state index in [1.807, 2.05) is 13.0 Å². The molecular formula is C17H28ClN3O. The summed E-state index contributed by atoms with van der Waals surface area (Å²) >= 11 is 0. The second kappa shape index (κ2) is 8.73. The number of benzene rings is 1. The van der Waals surface area contributed by atoms with Crippen molar-refractivity contribution in [3.05, 3.63) is 29.8 Å². The van der Waals surface area contributed by atoms with Crippen LogP contribution in [0.3, 0.4) is 0 Å². The first kappa shape index (κ1) is 17.5. The van der Waals surface area contributed by atoms with E-state index in [1.165, 1.54) is 38.2 Å². The lowest BCUT2D eigenvalue weighted by Gasteiger charge is -2.32. The summed E-state index contributed by atoms with van der Waals surface area (Å²) in [6.07, 6.45) is 1.31. The van der Waals surface area contributed by atoms with Crippen molar-refractivity contribution in [2.75, 3.05) is 45.9 Å². The van der Waals surface area contributed by atoms with E-state index >= 15 is 0 Å². The van der Waals surface area contributed by atoms with Gasteiger partial charge in [0.15, 0.2) is 0 Å². The Bertz CT molecular complexity index is 451. The van der Waals surface area contributed by atoms with E-state index in [2.05, 4.69) is 33.3 Å². The van der Waals surface area contributed by atoms with E-state index in [1.54, 1.807) is 0 Å². The fourth-order valence-corrected chi connectivity index (χ4v) is 3.46. The molecule has 0 aliphatic carbocycles. The summed E-state index contributed by atoms with van der Waals surface area (Å²) in [6, 6.07) is 9.29. The highest BCUT2D eigenvalue weighted by Gasteiger charge is 2.28. The van der Waals surface area contributed by atoms with Crippen LogP contribution in [0.5, 0.6) is 5.75 Å². The van der Waals surface area contributed by atoms with Crippen LogP contribution in [0.25, 0.3) is 0 Å². The van der Waals surface area contributed by atoms with E-state index in [4.69, 9.17) is 4.74 Å². The fraction of sp³-hybridized carbons (Fsp3) is 0.647. The monoisotopic (exact) mass is 325 g/mol. The van der Waals surface area contributed by atoms with Crippen LogP contribution < -0.4 is 10.1 Å². The van der Waals surface area contributed by atoms with Gasteiger partial charge in [-0.1, -0.05) is 12.1 Å². The highest BCUT2D eigenvalue weighted by Crippen LogP contribution is 2.20. The average molecular weight is 326 g/mol. The van der Waals surface area contributed by atoms with Crippen LogP contribution in [0.4, 0.5) is 0 Å². The summed E-state index contributed by atoms with van der Waals surface area (Å²) in [5, 5.41) is 3.44. The summed E-state index contributed by atoms with van der Waals surface area (Å²) in [7, 11) is 0. The summed E-state index contributed by atoms with van der Waals surface area (Å²) in [5.74, 6) is 0.993. The summed E-state index contributed by atoms with van der Waals surface area (Å²) in [5.41, 5.74) is 1.36. The molecule has 4 nitrogen and oxygen atoms in total. The molecule has 1 atom stereocenters. The van der Waals surface area contributed by atoms with Crippen LogP contribution in [0.15, 0.2) is 24.3 Å². The van der Waals surface area contributed by atoms with Gasteiger partial charge < -0.3 is 10.1 Å². The van der Waals surface area contributed by atoms with Gasteiger partial charge in [-0.05, 0) is 31.0 Å². The number of nitrogens with zero attached hydrogens (tertiary/aromatic N) is 2. The van der Waals surface area contributed by atoms with Crippen LogP contribution in [0.2, 0.25) is 0 Å². The molecule has 1 N–H and O–H groups in total. The van der Waals surface area contributed by atoms with Crippen LogP contribution in [0.1, 0.15) is 18.9 Å². The lowest BCUT2D eigenvalue weighted by molar-refractivity contribution is 0.170. The molecular weight excluding hydrogens is 298 g/mol. The number of rotatable bonds is 5. The van der Waals surface area contributed by atoms with Crippen LogP contribution >= 0.6 is 12.4 Å². The molecule has 0 saturated carbocycles. The Balaban J connectivity index is 0.00000176. The van der Waals surface area contributed by atoms with Crippen molar-refractivity contribution in [1.82, 2.24) is 15.1 Å². The summed E-state index contributed by atoms with van der Waals surface area (Å²) in [4.78, 5) is 5.24. The largest absolute Gasteiger partial charge is 0.494 e. The minimum absolute atomic E-state index is 0. The van der Waals surface area contributed by atoms with Crippen LogP contribution in [-0.2, 0) is 6.54 Å². The first-order valence-corrected chi connectivity index (χ1v) is 8.24. The van der Waals surface area contributed by atoms with Gasteiger partial charge in [-0.3, -0.25) is 9.80 Å². The first-order valence-electron chi connectivity index (χ1n) is 8.24. The number of hydrogen-bond donors (Lipinski definition) is 1. The number of likely N-dealkylation sites (tertiary alicyclic amines) is 1. The van der Waals surface area contributed by atoms with Gasteiger partial charge in [0.05, 0.1) is 6.61 Å². The molecule has 2 heterocycles. The number of hydrogen-bond acceptors (Lipinski definition) is 4. The molecule has 3 rings (SSSR count). The minimum Gasteiger partial charge on any atom is -0.494 e. The molecule has 2 saturated heterocycles. The quantitative estimate of drug-likeness (QED) is 0.896.